The van der Waals surface area contributed by atoms with E-state index in [-0.39, 0.29) is 0 Å². The molecule has 0 atom stereocenters. The molecule has 0 radical (unpaired) electrons. The third-order valence-electron chi connectivity index (χ3n) is 4.63. The molecule has 6 nitrogen and oxygen atoms in total. The number of aromatic nitrogens is 3. The van der Waals surface area contributed by atoms with Crippen molar-refractivity contribution in [2.24, 2.45) is 0 Å². The van der Waals surface area contributed by atoms with E-state index in [1.165, 1.54) is 25.7 Å². The van der Waals surface area contributed by atoms with E-state index in [1.54, 1.807) is 12.5 Å². The van der Waals surface area contributed by atoms with Crippen molar-refractivity contribution in [2.45, 2.75) is 45.6 Å². The average Bonchev–Trinajstić information content (AvgIpc) is 3.33. The van der Waals surface area contributed by atoms with Gasteiger partial charge in [0, 0.05) is 17.8 Å². The summed E-state index contributed by atoms with van der Waals surface area (Å²) in [6, 6.07) is 4.20. The fourth-order valence-corrected chi connectivity index (χ4v) is 3.14. The van der Waals surface area contributed by atoms with Crippen LogP contribution in [0.2, 0.25) is 0 Å². The van der Waals surface area contributed by atoms with Gasteiger partial charge in [0.05, 0.1) is 17.5 Å². The zero-order valence-electron chi connectivity index (χ0n) is 13.9. The number of rotatable bonds is 4. The number of furan rings is 1. The predicted octanol–water partition coefficient (Wildman–Crippen LogP) is 4.36. The van der Waals surface area contributed by atoms with Crippen LogP contribution in [-0.2, 0) is 0 Å². The molecule has 0 bridgehead atoms. The van der Waals surface area contributed by atoms with Crippen molar-refractivity contribution in [2.75, 3.05) is 5.32 Å². The molecular weight excluding hydrogens is 304 g/mol. The molecule has 1 aliphatic carbocycles. The Balaban J connectivity index is 1.77. The van der Waals surface area contributed by atoms with Crippen LogP contribution in [0.1, 0.15) is 36.9 Å². The molecule has 1 aliphatic rings. The fraction of sp³-hybridized carbons (Fsp3) is 0.389. The second-order valence-corrected chi connectivity index (χ2v) is 6.28. The van der Waals surface area contributed by atoms with Crippen LogP contribution in [0.15, 0.2) is 33.5 Å². The van der Waals surface area contributed by atoms with Crippen molar-refractivity contribution < 1.29 is 8.94 Å². The van der Waals surface area contributed by atoms with Gasteiger partial charge in [-0.3, -0.25) is 0 Å². The molecule has 1 N–H and O–H groups in total. The summed E-state index contributed by atoms with van der Waals surface area (Å²) in [5.41, 5.74) is 3.36. The highest BCUT2D eigenvalue weighted by atomic mass is 16.5. The van der Waals surface area contributed by atoms with Gasteiger partial charge in [-0.1, -0.05) is 18.0 Å². The zero-order chi connectivity index (χ0) is 16.5. The minimum atomic E-state index is 0.453. The highest BCUT2D eigenvalue weighted by Crippen LogP contribution is 2.34. The third-order valence-corrected chi connectivity index (χ3v) is 4.63. The average molecular weight is 324 g/mol. The van der Waals surface area contributed by atoms with Gasteiger partial charge in [-0.2, -0.15) is 0 Å². The fourth-order valence-electron chi connectivity index (χ4n) is 3.14. The van der Waals surface area contributed by atoms with E-state index < -0.39 is 0 Å². The van der Waals surface area contributed by atoms with Gasteiger partial charge in [-0.05, 0) is 38.8 Å². The van der Waals surface area contributed by atoms with E-state index in [0.717, 1.165) is 22.5 Å². The standard InChI is InChI=1S/C18H20N4O2/c1-11-12(2)22-24-17(11)14-10-19-18(20-13-6-3-4-7-13)21-16(14)15-8-5-9-23-15/h5,8-10,13H,3-4,6-7H2,1-2H3,(H,19,20,21). The summed E-state index contributed by atoms with van der Waals surface area (Å²) < 4.78 is 11.1. The summed E-state index contributed by atoms with van der Waals surface area (Å²) in [6.45, 7) is 3.91. The molecule has 3 aromatic rings. The Bertz CT molecular complexity index is 833. The maximum atomic E-state index is 5.57. The van der Waals surface area contributed by atoms with E-state index >= 15 is 0 Å². The number of aryl methyl sites for hydroxylation is 1. The van der Waals surface area contributed by atoms with Gasteiger partial charge in [0.1, 0.15) is 5.69 Å². The molecule has 0 unspecified atom stereocenters. The summed E-state index contributed by atoms with van der Waals surface area (Å²) in [4.78, 5) is 9.19. The lowest BCUT2D eigenvalue weighted by atomic mass is 10.1. The van der Waals surface area contributed by atoms with Crippen LogP contribution >= 0.6 is 0 Å². The molecule has 0 spiro atoms. The highest BCUT2D eigenvalue weighted by molar-refractivity contribution is 5.77. The molecule has 0 amide bonds. The Morgan fingerprint density at radius 3 is 2.71 bits per heavy atom. The van der Waals surface area contributed by atoms with Crippen LogP contribution in [0.25, 0.3) is 22.8 Å². The van der Waals surface area contributed by atoms with Gasteiger partial charge in [-0.15, -0.1) is 0 Å². The van der Waals surface area contributed by atoms with E-state index in [1.807, 2.05) is 26.0 Å². The first-order valence-corrected chi connectivity index (χ1v) is 8.33. The lowest BCUT2D eigenvalue weighted by Gasteiger charge is -2.13. The van der Waals surface area contributed by atoms with Crippen LogP contribution in [-0.4, -0.2) is 21.2 Å². The Kier molecular flexibility index (Phi) is 3.80. The molecule has 1 fully saturated rings. The van der Waals surface area contributed by atoms with Crippen LogP contribution in [0.5, 0.6) is 0 Å². The summed E-state index contributed by atoms with van der Waals surface area (Å²) in [6.07, 6.45) is 8.29. The molecule has 6 heteroatoms. The number of nitrogens with zero attached hydrogens (tertiary/aromatic N) is 3. The summed E-state index contributed by atoms with van der Waals surface area (Å²) in [5.74, 6) is 2.01. The van der Waals surface area contributed by atoms with Crippen molar-refractivity contribution >= 4 is 5.95 Å². The quantitative estimate of drug-likeness (QED) is 0.768. The van der Waals surface area contributed by atoms with Gasteiger partial charge >= 0.3 is 0 Å². The summed E-state index contributed by atoms with van der Waals surface area (Å²) >= 11 is 0. The second kappa shape index (κ2) is 6.11. The normalized spacial score (nSPS) is 15.1. The first-order valence-electron chi connectivity index (χ1n) is 8.33. The molecule has 124 valence electrons. The molecule has 0 saturated heterocycles. The third kappa shape index (κ3) is 2.68. The Morgan fingerprint density at radius 2 is 2.04 bits per heavy atom. The van der Waals surface area contributed by atoms with Crippen LogP contribution in [0, 0.1) is 13.8 Å². The number of anilines is 1. The maximum Gasteiger partial charge on any atom is 0.223 e. The SMILES string of the molecule is Cc1noc(-c2cnc(NC3CCCC3)nc2-c2ccco2)c1C. The molecule has 24 heavy (non-hydrogen) atoms. The zero-order valence-corrected chi connectivity index (χ0v) is 13.9. The van der Waals surface area contributed by atoms with Crippen LogP contribution < -0.4 is 5.32 Å². The summed E-state index contributed by atoms with van der Waals surface area (Å²) in [7, 11) is 0. The maximum absolute atomic E-state index is 5.57. The Morgan fingerprint density at radius 1 is 1.21 bits per heavy atom. The largest absolute Gasteiger partial charge is 0.463 e. The van der Waals surface area contributed by atoms with Crippen molar-refractivity contribution in [1.82, 2.24) is 15.1 Å². The lowest BCUT2D eigenvalue weighted by molar-refractivity contribution is 0.426. The molecule has 3 heterocycles. The second-order valence-electron chi connectivity index (χ2n) is 6.28. The Hall–Kier alpha value is -2.63. The molecule has 1 saturated carbocycles. The first kappa shape index (κ1) is 14.9. The van der Waals surface area contributed by atoms with Crippen molar-refractivity contribution in [3.05, 3.63) is 35.9 Å². The Labute approximate surface area is 140 Å². The van der Waals surface area contributed by atoms with Crippen molar-refractivity contribution in [3.63, 3.8) is 0 Å². The van der Waals surface area contributed by atoms with Gasteiger partial charge in [0.2, 0.25) is 5.95 Å². The van der Waals surface area contributed by atoms with E-state index in [0.29, 0.717) is 23.5 Å². The van der Waals surface area contributed by atoms with Crippen molar-refractivity contribution in [1.29, 1.82) is 0 Å². The molecular formula is C18H20N4O2. The minimum Gasteiger partial charge on any atom is -0.463 e. The monoisotopic (exact) mass is 324 g/mol. The van der Waals surface area contributed by atoms with Crippen LogP contribution in [0.4, 0.5) is 5.95 Å². The van der Waals surface area contributed by atoms with E-state index in [2.05, 4.69) is 15.5 Å². The lowest BCUT2D eigenvalue weighted by Crippen LogP contribution is -2.16. The number of hydrogen-bond acceptors (Lipinski definition) is 6. The first-order chi connectivity index (χ1) is 11.7. The molecule has 4 rings (SSSR count). The van der Waals surface area contributed by atoms with Gasteiger partial charge < -0.3 is 14.3 Å². The minimum absolute atomic E-state index is 0.453. The van der Waals surface area contributed by atoms with E-state index in [4.69, 9.17) is 13.9 Å². The predicted molar refractivity (Wildman–Crippen MR) is 90.6 cm³/mol. The van der Waals surface area contributed by atoms with Gasteiger partial charge in [0.25, 0.3) is 0 Å². The number of hydrogen-bond donors (Lipinski definition) is 1. The van der Waals surface area contributed by atoms with Gasteiger partial charge in [0.15, 0.2) is 11.5 Å². The van der Waals surface area contributed by atoms with E-state index in [9.17, 15) is 0 Å². The highest BCUT2D eigenvalue weighted by Gasteiger charge is 2.21. The smallest absolute Gasteiger partial charge is 0.223 e. The molecule has 0 aromatic carbocycles. The van der Waals surface area contributed by atoms with Gasteiger partial charge in [-0.25, -0.2) is 9.97 Å². The summed E-state index contributed by atoms with van der Waals surface area (Å²) in [5, 5.41) is 7.48. The van der Waals surface area contributed by atoms with Crippen molar-refractivity contribution in [3.8, 4) is 22.8 Å². The number of nitrogens with one attached hydrogen (secondary N) is 1. The molecule has 3 aromatic heterocycles. The van der Waals surface area contributed by atoms with Crippen LogP contribution in [0.3, 0.4) is 0 Å². The molecule has 0 aliphatic heterocycles. The topological polar surface area (TPSA) is 77.0 Å².